The van der Waals surface area contributed by atoms with Crippen molar-refractivity contribution in [2.24, 2.45) is 0 Å². The molecular formula is C131H157BrN12Si2SnZn3. The fraction of sp³-hybridized carbons (Fsp3) is 0.389. The van der Waals surface area contributed by atoms with Crippen molar-refractivity contribution in [1.82, 2.24) is 59.8 Å². The van der Waals surface area contributed by atoms with Crippen LogP contribution >= 0.6 is 15.9 Å². The molecule has 0 saturated heterocycles. The molecule has 3 aromatic carbocycles. The topological polar surface area (TPSA) is 162 Å². The van der Waals surface area contributed by atoms with Crippen LogP contribution in [0, 0.1) is 85.7 Å². The Morgan fingerprint density at radius 1 is 0.360 bits per heavy atom. The number of halogens is 1. The molecule has 0 saturated carbocycles. The van der Waals surface area contributed by atoms with Crippen LogP contribution in [0.25, 0.3) is 142 Å². The van der Waals surface area contributed by atoms with Gasteiger partial charge in [0.05, 0.1) is 34.2 Å². The Bertz CT molecular complexity index is 7630. The molecule has 6 aliphatic rings. The molecule has 0 N–H and O–H groups in total. The molecule has 18 rings (SSSR count). The monoisotopic (exact) mass is 2340 g/mol. The van der Waals surface area contributed by atoms with E-state index in [1.807, 2.05) is 18.2 Å². The first-order valence-electron chi connectivity index (χ1n) is 53.8. The van der Waals surface area contributed by atoms with E-state index in [4.69, 9.17) is 66.2 Å². The Kier molecular flexibility index (Phi) is 40.8. The van der Waals surface area contributed by atoms with Crippen molar-refractivity contribution in [2.75, 3.05) is 0 Å². The van der Waals surface area contributed by atoms with Gasteiger partial charge in [0.15, 0.2) is 0 Å². The molecule has 0 fully saturated rings. The average Bonchev–Trinajstić information content (AvgIpc) is 1.61. The van der Waals surface area contributed by atoms with E-state index in [0.717, 1.165) is 186 Å². The van der Waals surface area contributed by atoms with Crippen molar-refractivity contribution in [1.29, 1.82) is 0 Å². The van der Waals surface area contributed by atoms with Crippen LogP contribution in [-0.2, 0) is 93.9 Å². The zero-order valence-electron chi connectivity index (χ0n) is 95.8. The molecule has 0 atom stereocenters. The van der Waals surface area contributed by atoms with Gasteiger partial charge in [-0.3, -0.25) is 15.0 Å². The van der Waals surface area contributed by atoms with Crippen LogP contribution in [0.3, 0.4) is 0 Å². The Hall–Kier alpha value is -9.58. The standard InChI is InChI=1S/C42H48N4Si.C33H30N4.C31H27BrN4.C11H22Si.3C4H9.C2H3.Sn.3Zn/c1-25(2)47(26(3)4,27(5)6)17-16-31-20-34-23-39-42(10,11)24-35(46-39)21-32-12-14-36(43-32)41(40-29(8)18-28(7)19-30(40)9)37-15-13-33(44-37)22-38(31)45-34;1-7-22-14-25-17-30-33(5,6)18-26(37-30)15-23-8-10-27(34-23)32(31-20(3)12-19(2)13-21(31)4)28-11-9-24(35-28)16-29(22)36-25;1-17-10-18(2)29(19(3)11-17)30-25-8-6-20(33-25)12-23-16-31(4,5)28(36-23)15-22-13-24(32)27(35-22)14-21-7-9-26(30)34-21;1-8-12(9(2)3,10(4)5)11(6)7;3*1-3-4-2;1-2;;;;/h12-15,18-23,25-27H,24H2,1-11H3;7-17H,1,18H2,2-6H3;6-15H,16H2,1-5H3;1,9-11H,2-7H3;3*1,3-4H2,2H3;1H,2H2;;;;/q3*-2;;;;;;;3*+2. The fourth-order valence-corrected chi connectivity index (χ4v) is 47.6. The van der Waals surface area contributed by atoms with E-state index in [2.05, 4.69) is 428 Å². The van der Waals surface area contributed by atoms with E-state index in [0.29, 0.717) is 33.2 Å². The van der Waals surface area contributed by atoms with Crippen molar-refractivity contribution in [2.45, 2.75) is 328 Å². The van der Waals surface area contributed by atoms with Gasteiger partial charge >= 0.3 is 160 Å². The first-order valence-corrected chi connectivity index (χ1v) is 66.8. The summed E-state index contributed by atoms with van der Waals surface area (Å²) in [7, 11) is -3.42. The van der Waals surface area contributed by atoms with E-state index in [1.54, 1.807) is 13.3 Å². The third-order valence-corrected chi connectivity index (χ3v) is 58.4. The molecule has 6 aliphatic heterocycles. The summed E-state index contributed by atoms with van der Waals surface area (Å²) in [5, 5.41) is 0. The number of aromatic nitrogens is 12. The fourth-order valence-electron chi connectivity index (χ4n) is 24.0. The van der Waals surface area contributed by atoms with Gasteiger partial charge in [0.25, 0.3) is 0 Å². The van der Waals surface area contributed by atoms with E-state index in [1.165, 1.54) is 105 Å². The number of rotatable bonds is 20. The van der Waals surface area contributed by atoms with E-state index in [-0.39, 0.29) is 74.7 Å². The van der Waals surface area contributed by atoms with Crippen molar-refractivity contribution < 1.29 is 58.4 Å². The largest absolute Gasteiger partial charge is 2.00 e. The zero-order chi connectivity index (χ0) is 106. The van der Waals surface area contributed by atoms with Crippen LogP contribution in [0.1, 0.15) is 313 Å². The Balaban J connectivity index is 0.000000189. The number of unbranched alkanes of at least 4 members (excludes halogenated alkanes) is 3. The smallest absolute Gasteiger partial charge is 0.657 e. The minimum Gasteiger partial charge on any atom is -0.657 e. The Morgan fingerprint density at radius 2 is 0.660 bits per heavy atom. The molecule has 766 valence electrons. The summed E-state index contributed by atoms with van der Waals surface area (Å²) in [4.78, 5) is 60.6. The van der Waals surface area contributed by atoms with Crippen LogP contribution in [0.4, 0.5) is 0 Å². The predicted molar refractivity (Wildman–Crippen MR) is 643 cm³/mol. The van der Waals surface area contributed by atoms with Crippen LogP contribution in [0.5, 0.6) is 0 Å². The Morgan fingerprint density at radius 3 is 0.967 bits per heavy atom. The van der Waals surface area contributed by atoms with E-state index in [9.17, 15) is 0 Å². The molecule has 150 heavy (non-hydrogen) atoms. The van der Waals surface area contributed by atoms with Gasteiger partial charge in [0, 0.05) is 79.7 Å². The zero-order valence-corrected chi connectivity index (χ0v) is 111. The number of fused-ring (bicyclic) bond motifs is 24. The number of aryl methyl sites for hydroxylation is 9. The molecule has 0 radical (unpaired) electrons. The summed E-state index contributed by atoms with van der Waals surface area (Å²) >= 11 is 1.85. The predicted octanol–water partition coefficient (Wildman–Crippen LogP) is 34.9. The average molecular weight is 2350 g/mol. The van der Waals surface area contributed by atoms with Crippen molar-refractivity contribution in [3.8, 4) is 56.8 Å². The van der Waals surface area contributed by atoms with Gasteiger partial charge < -0.3 is 29.9 Å². The number of hydrogen-bond donors (Lipinski definition) is 0. The third-order valence-electron chi connectivity index (χ3n) is 31.2. The van der Waals surface area contributed by atoms with Crippen molar-refractivity contribution in [3.63, 3.8) is 0 Å². The second-order valence-electron chi connectivity index (χ2n) is 46.1. The van der Waals surface area contributed by atoms with Crippen LogP contribution < -0.4 is 29.9 Å². The summed E-state index contributed by atoms with van der Waals surface area (Å²) in [6, 6.07) is 51.2. The van der Waals surface area contributed by atoms with Crippen LogP contribution in [-0.4, -0.2) is 64.4 Å². The molecule has 12 nitrogen and oxygen atoms in total. The number of nitrogens with zero attached hydrogens (tertiary/aromatic N) is 12. The minimum atomic E-state index is -1.94. The first kappa shape index (κ1) is 121. The SMILES string of the molecule is C#C[Si](C(C)C)(C(C)C)C(C)C.C=Cc1cc2cc3nc(cc4ccc([n-]4)c(-c4c(C)cc(C)cc4C)c4nc(cc1[n-]2)C=C4)CC3(C)C.C=[CH][Sn]([CH2]CCC)([CH2]CCC)[CH2]CCC.Cc1cc(C)c(-c2c3nc(cc4[n-]c(cc5nc(cc6ccc2[n-]6)CC5(C)C)cc4Br)C=C3)c(C)c1.Cc1cc(C)c(-c2c3nc(cc4[n-]c(cc5nc(cc6ccc2[n-]6)CC5(C)C)cc4C#C[Si](C(C)C)(C(C)C)C(C)C)C=C3)c(C)c1.[Zn+2].[Zn+2].[Zn+2]. The summed E-state index contributed by atoms with van der Waals surface area (Å²) in [5.41, 5.74) is 52.7. The van der Waals surface area contributed by atoms with Crippen molar-refractivity contribution >= 4 is 159 Å². The van der Waals surface area contributed by atoms with Gasteiger partial charge in [-0.2, -0.15) is 0 Å². The second-order valence-corrected chi connectivity index (χ2v) is 71.4. The summed E-state index contributed by atoms with van der Waals surface area (Å²) in [6.45, 7) is 76.0. The van der Waals surface area contributed by atoms with Crippen molar-refractivity contribution in [3.05, 3.63) is 297 Å². The summed E-state index contributed by atoms with van der Waals surface area (Å²) < 4.78 is 8.11. The quantitative estimate of drug-likeness (QED) is 0.0525. The van der Waals surface area contributed by atoms with Gasteiger partial charge in [-0.05, 0) is 210 Å². The maximum atomic E-state index is 5.72. The normalized spacial score (nSPS) is 13.6. The summed E-state index contributed by atoms with van der Waals surface area (Å²) in [6.07, 6.45) is 31.1. The summed E-state index contributed by atoms with van der Waals surface area (Å²) in [5.74, 6) is 3.71. The number of terminal acetylenes is 1. The molecule has 9 aromatic heterocycles. The second kappa shape index (κ2) is 50.8. The molecule has 24 bridgehead atoms. The Labute approximate surface area is 950 Å². The van der Waals surface area contributed by atoms with Gasteiger partial charge in [-0.15, -0.1) is 83.7 Å². The molecule has 0 aliphatic carbocycles. The van der Waals surface area contributed by atoms with Gasteiger partial charge in [0.1, 0.15) is 16.1 Å². The number of hydrogen-bond acceptors (Lipinski definition) is 6. The van der Waals surface area contributed by atoms with Gasteiger partial charge in [0.2, 0.25) is 0 Å². The third kappa shape index (κ3) is 27.1. The number of benzene rings is 3. The molecule has 0 amide bonds. The van der Waals surface area contributed by atoms with Crippen LogP contribution in [0.15, 0.2) is 167 Å². The molecule has 12 aromatic rings. The van der Waals surface area contributed by atoms with Gasteiger partial charge in [-0.1, -0.05) is 315 Å². The van der Waals surface area contributed by atoms with E-state index >= 15 is 0 Å². The van der Waals surface area contributed by atoms with Gasteiger partial charge in [-0.25, -0.2) is 15.0 Å². The maximum absolute atomic E-state index is 5.72. The molecule has 15 heterocycles. The molecule has 0 spiro atoms. The maximum Gasteiger partial charge on any atom is 2.00 e. The van der Waals surface area contributed by atoms with E-state index < -0.39 is 34.5 Å². The first-order chi connectivity index (χ1) is 69.7. The molecule has 19 heteroatoms. The van der Waals surface area contributed by atoms with Crippen LogP contribution in [0.2, 0.25) is 46.6 Å². The molecule has 0 unspecified atom stereocenters. The molecular weight excluding hydrogens is 2190 g/mol. The minimum absolute atomic E-state index is 0.